The van der Waals surface area contributed by atoms with Crippen molar-refractivity contribution >= 4 is 21.7 Å². The van der Waals surface area contributed by atoms with Gasteiger partial charge in [0.1, 0.15) is 10.7 Å². The molecule has 0 spiro atoms. The van der Waals surface area contributed by atoms with Crippen LogP contribution in [0.4, 0.5) is 10.1 Å². The molecular weight excluding hydrogens is 257 g/mol. The highest BCUT2D eigenvalue weighted by Gasteiger charge is 2.39. The first-order valence-corrected chi connectivity index (χ1v) is 7.06. The van der Waals surface area contributed by atoms with E-state index in [1.807, 2.05) is 6.92 Å². The van der Waals surface area contributed by atoms with Crippen LogP contribution in [0.1, 0.15) is 19.8 Å². The molecule has 7 heteroatoms. The highest BCUT2D eigenvalue weighted by atomic mass is 32.2. The number of anilines is 1. The van der Waals surface area contributed by atoms with Crippen LogP contribution in [-0.4, -0.2) is 19.9 Å². The molecule has 2 N–H and O–H groups in total. The zero-order chi connectivity index (χ0) is 13.0. The summed E-state index contributed by atoms with van der Waals surface area (Å²) < 4.78 is 39.3. The summed E-state index contributed by atoms with van der Waals surface area (Å²) in [5.74, 6) is -0.385. The second-order valence-electron chi connectivity index (χ2n) is 4.83. The topological polar surface area (TPSA) is 70.6 Å². The molecule has 0 unspecified atom stereocenters. The third-order valence-electron chi connectivity index (χ3n) is 3.07. The fraction of sp³-hybridized carbons (Fsp3) is 0.364. The van der Waals surface area contributed by atoms with E-state index >= 15 is 0 Å². The van der Waals surface area contributed by atoms with Gasteiger partial charge in [0.05, 0.1) is 11.2 Å². The van der Waals surface area contributed by atoms with Crippen LogP contribution in [0.5, 0.6) is 0 Å². The van der Waals surface area contributed by atoms with Crippen molar-refractivity contribution in [2.45, 2.75) is 30.2 Å². The highest BCUT2D eigenvalue weighted by Crippen LogP contribution is 2.39. The molecule has 1 saturated carbocycles. The number of nitrogens with one attached hydrogen (secondary N) is 2. The highest BCUT2D eigenvalue weighted by molar-refractivity contribution is 7.90. The lowest BCUT2D eigenvalue weighted by Gasteiger charge is -2.22. The van der Waals surface area contributed by atoms with Crippen molar-refractivity contribution in [3.8, 4) is 0 Å². The Balaban J connectivity index is 2.06. The zero-order valence-corrected chi connectivity index (χ0v) is 10.5. The first kappa shape index (κ1) is 11.5. The van der Waals surface area contributed by atoms with Gasteiger partial charge in [-0.3, -0.25) is 0 Å². The Morgan fingerprint density at radius 1 is 1.39 bits per heavy atom. The molecule has 0 amide bonds. The van der Waals surface area contributed by atoms with Gasteiger partial charge in [0.2, 0.25) is 5.96 Å². The van der Waals surface area contributed by atoms with Crippen LogP contribution in [-0.2, 0) is 10.0 Å². The lowest BCUT2D eigenvalue weighted by molar-refractivity contribution is 0.586. The molecule has 1 fully saturated rings. The summed E-state index contributed by atoms with van der Waals surface area (Å²) >= 11 is 0. The molecule has 2 aliphatic rings. The second-order valence-corrected chi connectivity index (χ2v) is 6.48. The number of aliphatic imine (C=N–C) groups is 1. The Morgan fingerprint density at radius 3 is 2.78 bits per heavy atom. The standard InChI is InChI=1S/C11H12FN3O2S/c1-11(4-5-11)14-10-13-8-3-2-7(12)6-9(8)18(16,17)15-10/h2-3,6H,4-5H2,1H3,(H2,13,14,15). The maximum absolute atomic E-state index is 13.1. The molecule has 0 radical (unpaired) electrons. The van der Waals surface area contributed by atoms with Crippen LogP contribution in [0, 0.1) is 5.82 Å². The zero-order valence-electron chi connectivity index (χ0n) is 9.70. The van der Waals surface area contributed by atoms with E-state index in [0.29, 0.717) is 5.69 Å². The van der Waals surface area contributed by atoms with Crippen LogP contribution in [0.15, 0.2) is 28.1 Å². The van der Waals surface area contributed by atoms with Crippen molar-refractivity contribution in [2.75, 3.05) is 5.32 Å². The minimum Gasteiger partial charge on any atom is -0.324 e. The number of halogens is 1. The lowest BCUT2D eigenvalue weighted by Crippen LogP contribution is -2.41. The van der Waals surface area contributed by atoms with E-state index in [1.54, 1.807) is 0 Å². The number of benzene rings is 1. The summed E-state index contributed by atoms with van der Waals surface area (Å²) in [6.07, 6.45) is 1.88. The first-order valence-electron chi connectivity index (χ1n) is 5.57. The van der Waals surface area contributed by atoms with Gasteiger partial charge in [-0.15, -0.1) is 0 Å². The van der Waals surface area contributed by atoms with Gasteiger partial charge in [-0.05, 0) is 38.0 Å². The predicted molar refractivity (Wildman–Crippen MR) is 65.4 cm³/mol. The lowest BCUT2D eigenvalue weighted by atomic mass is 10.3. The van der Waals surface area contributed by atoms with Gasteiger partial charge in [0, 0.05) is 0 Å². The molecule has 3 rings (SSSR count). The number of guanidine groups is 1. The van der Waals surface area contributed by atoms with Crippen molar-refractivity contribution in [2.24, 2.45) is 4.99 Å². The molecule has 1 aliphatic carbocycles. The van der Waals surface area contributed by atoms with E-state index in [2.05, 4.69) is 15.0 Å². The molecule has 0 atom stereocenters. The molecule has 5 nitrogen and oxygen atoms in total. The number of nitrogens with zero attached hydrogens (tertiary/aromatic N) is 1. The second kappa shape index (κ2) is 3.44. The van der Waals surface area contributed by atoms with Crippen LogP contribution in [0.25, 0.3) is 0 Å². The minimum absolute atomic E-state index is 0.0950. The van der Waals surface area contributed by atoms with Crippen LogP contribution in [0.2, 0.25) is 0 Å². The average molecular weight is 269 g/mol. The maximum atomic E-state index is 13.1. The Kier molecular flexibility index (Phi) is 2.19. The van der Waals surface area contributed by atoms with E-state index in [9.17, 15) is 12.8 Å². The Labute approximate surface area is 104 Å². The van der Waals surface area contributed by atoms with Gasteiger partial charge in [0.25, 0.3) is 10.0 Å². The summed E-state index contributed by atoms with van der Waals surface area (Å²) in [4.78, 5) is 4.22. The summed E-state index contributed by atoms with van der Waals surface area (Å²) in [5.41, 5.74) is 0.167. The van der Waals surface area contributed by atoms with Crippen molar-refractivity contribution < 1.29 is 12.8 Å². The van der Waals surface area contributed by atoms with Crippen LogP contribution < -0.4 is 10.0 Å². The fourth-order valence-electron chi connectivity index (χ4n) is 1.77. The van der Waals surface area contributed by atoms with Crippen LogP contribution >= 0.6 is 0 Å². The Morgan fingerprint density at radius 2 is 2.11 bits per heavy atom. The van der Waals surface area contributed by atoms with Gasteiger partial charge in [-0.25, -0.2) is 22.5 Å². The number of sulfonamides is 1. The Bertz CT molecular complexity index is 650. The van der Waals surface area contributed by atoms with Crippen molar-refractivity contribution in [3.05, 3.63) is 24.0 Å². The number of fused-ring (bicyclic) bond motifs is 1. The van der Waals surface area contributed by atoms with Crippen molar-refractivity contribution in [1.29, 1.82) is 0 Å². The van der Waals surface area contributed by atoms with Gasteiger partial charge in [0.15, 0.2) is 0 Å². The molecule has 1 aliphatic heterocycles. The van der Waals surface area contributed by atoms with E-state index in [-0.39, 0.29) is 16.4 Å². The average Bonchev–Trinajstić information content (AvgIpc) is 2.96. The number of rotatable bonds is 1. The normalized spacial score (nSPS) is 24.9. The smallest absolute Gasteiger partial charge is 0.266 e. The molecule has 0 aromatic heterocycles. The van der Waals surface area contributed by atoms with Crippen LogP contribution in [0.3, 0.4) is 0 Å². The molecule has 0 bridgehead atoms. The quantitative estimate of drug-likeness (QED) is 0.810. The number of hydrogen-bond donors (Lipinski definition) is 2. The number of hydrogen-bond acceptors (Lipinski definition) is 3. The van der Waals surface area contributed by atoms with Gasteiger partial charge in [-0.1, -0.05) is 0 Å². The van der Waals surface area contributed by atoms with E-state index in [0.717, 1.165) is 18.9 Å². The molecule has 1 aromatic rings. The predicted octanol–water partition coefficient (Wildman–Crippen LogP) is 1.44. The van der Waals surface area contributed by atoms with Gasteiger partial charge < -0.3 is 5.32 Å². The molecule has 96 valence electrons. The maximum Gasteiger partial charge on any atom is 0.266 e. The summed E-state index contributed by atoms with van der Waals surface area (Å²) in [5, 5.41) is 2.87. The molecule has 1 heterocycles. The Hall–Kier alpha value is -1.63. The first-order chi connectivity index (χ1) is 8.38. The minimum atomic E-state index is -3.74. The van der Waals surface area contributed by atoms with Gasteiger partial charge >= 0.3 is 0 Å². The molecule has 0 saturated heterocycles. The van der Waals surface area contributed by atoms with E-state index in [4.69, 9.17) is 0 Å². The largest absolute Gasteiger partial charge is 0.324 e. The molecule has 18 heavy (non-hydrogen) atoms. The summed E-state index contributed by atoms with van der Waals surface area (Å²) in [6, 6.07) is 3.59. The van der Waals surface area contributed by atoms with Crippen molar-refractivity contribution in [1.82, 2.24) is 4.72 Å². The SMILES string of the molecule is CC1(N=C2Nc3ccc(F)cc3S(=O)(=O)N2)CC1. The van der Waals surface area contributed by atoms with Crippen molar-refractivity contribution in [3.63, 3.8) is 0 Å². The summed E-state index contributed by atoms with van der Waals surface area (Å²) in [7, 11) is -3.74. The van der Waals surface area contributed by atoms with E-state index in [1.165, 1.54) is 12.1 Å². The monoisotopic (exact) mass is 269 g/mol. The third kappa shape index (κ3) is 1.94. The van der Waals surface area contributed by atoms with E-state index < -0.39 is 15.8 Å². The fourth-order valence-corrected chi connectivity index (χ4v) is 2.91. The molecular formula is C11H12FN3O2S. The third-order valence-corrected chi connectivity index (χ3v) is 4.45. The summed E-state index contributed by atoms with van der Waals surface area (Å²) in [6.45, 7) is 1.95. The molecule has 1 aromatic carbocycles. The van der Waals surface area contributed by atoms with Gasteiger partial charge in [-0.2, -0.15) is 0 Å².